The lowest BCUT2D eigenvalue weighted by Gasteiger charge is -2.31. The van der Waals surface area contributed by atoms with Gasteiger partial charge in [-0.25, -0.2) is 9.97 Å². The number of halogens is 2. The van der Waals surface area contributed by atoms with Crippen LogP contribution in [0.25, 0.3) is 0 Å². The number of nitrogens with zero attached hydrogens (tertiary/aromatic N) is 5. The van der Waals surface area contributed by atoms with E-state index in [1.54, 1.807) is 0 Å². The Morgan fingerprint density at radius 3 is 2.71 bits per heavy atom. The van der Waals surface area contributed by atoms with Crippen LogP contribution in [0.2, 0.25) is 5.02 Å². The molecule has 1 aromatic carbocycles. The maximum absolute atomic E-state index is 14.4. The molecular weight excluding hydrogens is 457 g/mol. The van der Waals surface area contributed by atoms with Crippen molar-refractivity contribution in [2.75, 3.05) is 26.3 Å². The molecule has 2 fully saturated rings. The minimum absolute atomic E-state index is 0.0340. The molecule has 1 atom stereocenters. The number of aromatic nitrogens is 4. The summed E-state index contributed by atoms with van der Waals surface area (Å²) in [5.74, 6) is 1.68. The van der Waals surface area contributed by atoms with Crippen LogP contribution < -0.4 is 4.74 Å². The average Bonchev–Trinajstić information content (AvgIpc) is 3.52. The van der Waals surface area contributed by atoms with Gasteiger partial charge < -0.3 is 14.0 Å². The molecule has 0 unspecified atom stereocenters. The smallest absolute Gasteiger partial charge is 0.254 e. The molecule has 3 aromatic rings. The second kappa shape index (κ2) is 10.8. The number of piperidine rings is 1. The minimum Gasteiger partial charge on any atom is -0.472 e. The second-order valence-corrected chi connectivity index (χ2v) is 9.50. The van der Waals surface area contributed by atoms with E-state index in [0.29, 0.717) is 23.2 Å². The highest BCUT2D eigenvalue weighted by molar-refractivity contribution is 6.30. The first-order valence-corrected chi connectivity index (χ1v) is 12.2. The van der Waals surface area contributed by atoms with Crippen LogP contribution in [0.15, 0.2) is 42.9 Å². The number of likely N-dealkylation sites (tertiary alicyclic amines) is 1. The number of benzene rings is 1. The molecule has 0 bridgehead atoms. The zero-order chi connectivity index (χ0) is 23.3. The van der Waals surface area contributed by atoms with E-state index in [9.17, 15) is 4.39 Å². The van der Waals surface area contributed by atoms with Crippen LogP contribution in [-0.4, -0.2) is 56.8 Å². The summed E-state index contributed by atoms with van der Waals surface area (Å²) in [5.41, 5.74) is 1.01. The van der Waals surface area contributed by atoms with E-state index in [1.165, 1.54) is 6.20 Å². The van der Waals surface area contributed by atoms with Crippen molar-refractivity contribution in [3.63, 3.8) is 0 Å². The zero-order valence-corrected chi connectivity index (χ0v) is 19.8. The number of imidazole rings is 1. The Hall–Kier alpha value is -2.55. The van der Waals surface area contributed by atoms with Crippen molar-refractivity contribution in [2.24, 2.45) is 5.92 Å². The SMILES string of the molecule is Fc1cnc(Cc2ccc(Cl)cc2)nc1OC1CCN(Cc2nccn2C[C@H]2CCOC2)CC1. The third kappa shape index (κ3) is 5.92. The van der Waals surface area contributed by atoms with Gasteiger partial charge in [0.05, 0.1) is 19.3 Å². The van der Waals surface area contributed by atoms with Gasteiger partial charge in [0, 0.05) is 56.0 Å². The fourth-order valence-electron chi connectivity index (χ4n) is 4.55. The summed E-state index contributed by atoms with van der Waals surface area (Å²) in [6.07, 6.45) is 8.29. The highest BCUT2D eigenvalue weighted by Gasteiger charge is 2.24. The molecule has 5 rings (SSSR count). The van der Waals surface area contributed by atoms with E-state index in [0.717, 1.165) is 70.0 Å². The molecule has 0 saturated carbocycles. The van der Waals surface area contributed by atoms with Crippen molar-refractivity contribution >= 4 is 11.6 Å². The first-order chi connectivity index (χ1) is 16.6. The second-order valence-electron chi connectivity index (χ2n) is 9.06. The summed E-state index contributed by atoms with van der Waals surface area (Å²) < 4.78 is 28.1. The van der Waals surface area contributed by atoms with Crippen LogP contribution in [0.3, 0.4) is 0 Å². The van der Waals surface area contributed by atoms with Gasteiger partial charge in [-0.3, -0.25) is 4.90 Å². The number of rotatable bonds is 8. The van der Waals surface area contributed by atoms with Gasteiger partial charge in [0.25, 0.3) is 5.88 Å². The third-order valence-electron chi connectivity index (χ3n) is 6.50. The van der Waals surface area contributed by atoms with Gasteiger partial charge in [-0.05, 0) is 37.0 Å². The summed E-state index contributed by atoms with van der Waals surface area (Å²) in [5, 5.41) is 0.673. The molecular formula is C25H29ClFN5O2. The van der Waals surface area contributed by atoms with E-state index in [-0.39, 0.29) is 12.0 Å². The van der Waals surface area contributed by atoms with Crippen molar-refractivity contribution in [3.8, 4) is 5.88 Å². The molecule has 2 aliphatic rings. The van der Waals surface area contributed by atoms with Gasteiger partial charge >= 0.3 is 0 Å². The Morgan fingerprint density at radius 2 is 1.94 bits per heavy atom. The Morgan fingerprint density at radius 1 is 1.12 bits per heavy atom. The summed E-state index contributed by atoms with van der Waals surface area (Å²) >= 11 is 5.95. The Kier molecular flexibility index (Phi) is 7.37. The van der Waals surface area contributed by atoms with Gasteiger partial charge in [-0.2, -0.15) is 9.37 Å². The van der Waals surface area contributed by atoms with E-state index in [2.05, 4.69) is 30.6 Å². The Labute approximate surface area is 203 Å². The van der Waals surface area contributed by atoms with Crippen LogP contribution >= 0.6 is 11.6 Å². The van der Waals surface area contributed by atoms with E-state index in [1.807, 2.05) is 30.5 Å². The van der Waals surface area contributed by atoms with Gasteiger partial charge in [0.1, 0.15) is 17.8 Å². The largest absolute Gasteiger partial charge is 0.472 e. The first-order valence-electron chi connectivity index (χ1n) is 11.8. The van der Waals surface area contributed by atoms with Gasteiger partial charge in [-0.1, -0.05) is 23.7 Å². The fraction of sp³-hybridized carbons (Fsp3) is 0.480. The molecule has 0 spiro atoms. The van der Waals surface area contributed by atoms with E-state index < -0.39 is 5.82 Å². The quantitative estimate of drug-likeness (QED) is 0.478. The molecule has 2 aromatic heterocycles. The number of hydrogen-bond donors (Lipinski definition) is 0. The standard InChI is InChI=1S/C25H29ClFN5O2/c26-20-3-1-18(2-4-20)13-23-29-14-22(27)25(30-23)34-21-5-9-31(10-6-21)16-24-28-8-11-32(24)15-19-7-12-33-17-19/h1-4,8,11,14,19,21H,5-7,9-10,12-13,15-17H2/t19-/m1/s1. The molecule has 0 radical (unpaired) electrons. The lowest BCUT2D eigenvalue weighted by Crippen LogP contribution is -2.38. The highest BCUT2D eigenvalue weighted by Crippen LogP contribution is 2.22. The van der Waals surface area contributed by atoms with Gasteiger partial charge in [0.2, 0.25) is 5.82 Å². The van der Waals surface area contributed by atoms with Gasteiger partial charge in [0.15, 0.2) is 0 Å². The van der Waals surface area contributed by atoms with Crippen molar-refractivity contribution in [1.29, 1.82) is 0 Å². The fourth-order valence-corrected chi connectivity index (χ4v) is 4.67. The van der Waals surface area contributed by atoms with Crippen molar-refractivity contribution in [2.45, 2.75) is 44.9 Å². The monoisotopic (exact) mass is 485 g/mol. The average molecular weight is 486 g/mol. The van der Waals surface area contributed by atoms with Crippen LogP contribution in [0.5, 0.6) is 5.88 Å². The molecule has 0 aliphatic carbocycles. The van der Waals surface area contributed by atoms with Crippen molar-refractivity contribution < 1.29 is 13.9 Å². The summed E-state index contributed by atoms with van der Waals surface area (Å²) in [6, 6.07) is 7.47. The molecule has 0 amide bonds. The molecule has 7 nitrogen and oxygen atoms in total. The molecule has 4 heterocycles. The predicted octanol–water partition coefficient (Wildman–Crippen LogP) is 4.14. The van der Waals surface area contributed by atoms with Crippen LogP contribution in [0.1, 0.15) is 36.5 Å². The van der Waals surface area contributed by atoms with E-state index >= 15 is 0 Å². The lowest BCUT2D eigenvalue weighted by atomic mass is 10.1. The first kappa shape index (κ1) is 23.2. The zero-order valence-electron chi connectivity index (χ0n) is 19.1. The normalized spacial score (nSPS) is 19.5. The Bertz CT molecular complexity index is 1080. The minimum atomic E-state index is -0.528. The summed E-state index contributed by atoms with van der Waals surface area (Å²) in [7, 11) is 0. The number of ether oxygens (including phenoxy) is 2. The van der Waals surface area contributed by atoms with Crippen LogP contribution in [-0.2, 0) is 24.2 Å². The third-order valence-corrected chi connectivity index (χ3v) is 6.75. The molecule has 0 N–H and O–H groups in total. The molecule has 2 saturated heterocycles. The predicted molar refractivity (Wildman–Crippen MR) is 126 cm³/mol. The molecule has 9 heteroatoms. The molecule has 2 aliphatic heterocycles. The van der Waals surface area contributed by atoms with Gasteiger partial charge in [-0.15, -0.1) is 0 Å². The Balaban J connectivity index is 1.14. The maximum Gasteiger partial charge on any atom is 0.254 e. The summed E-state index contributed by atoms with van der Waals surface area (Å²) in [4.78, 5) is 15.4. The van der Waals surface area contributed by atoms with Crippen LogP contribution in [0, 0.1) is 11.7 Å². The van der Waals surface area contributed by atoms with Crippen molar-refractivity contribution in [1.82, 2.24) is 24.4 Å². The maximum atomic E-state index is 14.4. The molecule has 34 heavy (non-hydrogen) atoms. The topological polar surface area (TPSA) is 65.3 Å². The lowest BCUT2D eigenvalue weighted by molar-refractivity contribution is 0.0871. The summed E-state index contributed by atoms with van der Waals surface area (Å²) in [6.45, 7) is 5.20. The molecule has 180 valence electrons. The highest BCUT2D eigenvalue weighted by atomic mass is 35.5. The van der Waals surface area contributed by atoms with Crippen molar-refractivity contribution in [3.05, 3.63) is 70.9 Å². The van der Waals surface area contributed by atoms with Crippen LogP contribution in [0.4, 0.5) is 4.39 Å². The van der Waals surface area contributed by atoms with E-state index in [4.69, 9.17) is 21.1 Å². The number of hydrogen-bond acceptors (Lipinski definition) is 6.